The molecule has 0 radical (unpaired) electrons. The zero-order valence-electron chi connectivity index (χ0n) is 21.2. The topological polar surface area (TPSA) is 85.0 Å². The van der Waals surface area contributed by atoms with Crippen molar-refractivity contribution in [3.63, 3.8) is 0 Å². The number of halogens is 3. The highest BCUT2D eigenvalue weighted by atomic mass is 19.4. The fourth-order valence-electron chi connectivity index (χ4n) is 5.72. The minimum Gasteiger partial charge on any atom is -0.478 e. The molecule has 0 bridgehead atoms. The number of nitrogens with zero attached hydrogens (tertiary/aromatic N) is 2. The van der Waals surface area contributed by atoms with Crippen molar-refractivity contribution in [3.8, 4) is 11.3 Å². The van der Waals surface area contributed by atoms with E-state index in [9.17, 15) is 18.0 Å². The molecule has 39 heavy (non-hydrogen) atoms. The van der Waals surface area contributed by atoms with Gasteiger partial charge >= 0.3 is 12.1 Å². The Bertz CT molecular complexity index is 1340. The van der Waals surface area contributed by atoms with E-state index < -0.39 is 17.7 Å². The van der Waals surface area contributed by atoms with E-state index >= 15 is 0 Å². The Kier molecular flexibility index (Phi) is 6.63. The van der Waals surface area contributed by atoms with Crippen LogP contribution in [-0.2, 0) is 22.3 Å². The summed E-state index contributed by atoms with van der Waals surface area (Å²) in [6.45, 7) is 2.08. The lowest BCUT2D eigenvalue weighted by Gasteiger charge is -2.39. The van der Waals surface area contributed by atoms with Crippen molar-refractivity contribution in [3.05, 3.63) is 71.0 Å². The van der Waals surface area contributed by atoms with Crippen molar-refractivity contribution >= 4 is 11.7 Å². The van der Waals surface area contributed by atoms with Crippen LogP contribution in [0.5, 0.6) is 0 Å². The first kappa shape index (κ1) is 25.9. The second-order valence-electron chi connectivity index (χ2n) is 10.7. The number of carbonyl (C=O) groups is 1. The lowest BCUT2D eigenvalue weighted by atomic mass is 9.87. The number of carboxylic acids is 1. The number of piperidine rings is 1. The maximum atomic E-state index is 13.7. The molecule has 2 aromatic carbocycles. The minimum absolute atomic E-state index is 0.00199. The van der Waals surface area contributed by atoms with Crippen molar-refractivity contribution in [1.29, 1.82) is 0 Å². The van der Waals surface area contributed by atoms with Crippen LogP contribution in [0.4, 0.5) is 18.9 Å². The van der Waals surface area contributed by atoms with Crippen LogP contribution in [0.25, 0.3) is 11.3 Å². The van der Waals surface area contributed by atoms with E-state index in [1.165, 1.54) is 12.1 Å². The van der Waals surface area contributed by atoms with Gasteiger partial charge in [0.25, 0.3) is 0 Å². The maximum absolute atomic E-state index is 13.7. The van der Waals surface area contributed by atoms with Gasteiger partial charge in [-0.2, -0.15) is 13.2 Å². The fourth-order valence-corrected chi connectivity index (χ4v) is 5.72. The second-order valence-corrected chi connectivity index (χ2v) is 10.7. The van der Waals surface area contributed by atoms with Gasteiger partial charge in [0.2, 0.25) is 0 Å². The molecule has 7 nitrogen and oxygen atoms in total. The largest absolute Gasteiger partial charge is 0.478 e. The number of anilines is 1. The molecule has 3 aliphatic rings. The molecule has 3 heterocycles. The molecular weight excluding hydrogens is 513 g/mol. The number of rotatable bonds is 7. The third-order valence-corrected chi connectivity index (χ3v) is 8.05. The number of hydrogen-bond acceptors (Lipinski definition) is 6. The van der Waals surface area contributed by atoms with Gasteiger partial charge in [-0.05, 0) is 56.0 Å². The summed E-state index contributed by atoms with van der Waals surface area (Å²) in [4.78, 5) is 13.3. The number of carboxylic acid groups (broad SMARTS) is 1. The molecule has 3 fully saturated rings. The van der Waals surface area contributed by atoms with Gasteiger partial charge in [-0.1, -0.05) is 23.4 Å². The average molecular weight is 543 g/mol. The van der Waals surface area contributed by atoms with Gasteiger partial charge in [0, 0.05) is 42.2 Å². The predicted molar refractivity (Wildman–Crippen MR) is 136 cm³/mol. The summed E-state index contributed by atoms with van der Waals surface area (Å²) in [5.41, 5.74) is 0.982. The van der Waals surface area contributed by atoms with Gasteiger partial charge in [0.1, 0.15) is 11.5 Å². The van der Waals surface area contributed by atoms with Crippen LogP contribution in [0, 0.1) is 0 Å². The zero-order valence-corrected chi connectivity index (χ0v) is 21.2. The second kappa shape index (κ2) is 9.98. The lowest BCUT2D eigenvalue weighted by Crippen LogP contribution is -2.44. The summed E-state index contributed by atoms with van der Waals surface area (Å²) >= 11 is 0. The average Bonchev–Trinajstić information content (AvgIpc) is 3.57. The highest BCUT2D eigenvalue weighted by Crippen LogP contribution is 2.46. The molecule has 1 N–H and O–H groups in total. The SMILES string of the molecule is O=C(O)c1ccc(N2CCC3(CC2)CC(OCc2c(-c4ccccc4C(F)(F)F)noc2C2CC2)CO3)cc1. The molecule has 1 saturated carbocycles. The highest BCUT2D eigenvalue weighted by Gasteiger charge is 2.44. The van der Waals surface area contributed by atoms with Gasteiger partial charge < -0.3 is 24.0 Å². The van der Waals surface area contributed by atoms with Crippen LogP contribution < -0.4 is 4.90 Å². The van der Waals surface area contributed by atoms with E-state index in [2.05, 4.69) is 10.1 Å². The number of benzene rings is 2. The zero-order chi connectivity index (χ0) is 27.2. The summed E-state index contributed by atoms with van der Waals surface area (Å²) in [7, 11) is 0. The van der Waals surface area contributed by atoms with Crippen LogP contribution in [0.1, 0.15) is 65.3 Å². The first-order chi connectivity index (χ1) is 18.7. The minimum atomic E-state index is -4.51. The third-order valence-electron chi connectivity index (χ3n) is 8.05. The molecule has 2 saturated heterocycles. The summed E-state index contributed by atoms with van der Waals surface area (Å²) in [6.07, 6.45) is -0.527. The van der Waals surface area contributed by atoms with Gasteiger partial charge in [-0.3, -0.25) is 0 Å². The quantitative estimate of drug-likeness (QED) is 0.376. The summed E-state index contributed by atoms with van der Waals surface area (Å²) in [5.74, 6) is -0.155. The van der Waals surface area contributed by atoms with E-state index in [1.54, 1.807) is 18.2 Å². The Morgan fingerprint density at radius 2 is 1.82 bits per heavy atom. The highest BCUT2D eigenvalue weighted by molar-refractivity contribution is 5.88. The predicted octanol–water partition coefficient (Wildman–Crippen LogP) is 6.28. The molecule has 206 valence electrons. The van der Waals surface area contributed by atoms with Gasteiger partial charge in [-0.25, -0.2) is 4.79 Å². The number of ether oxygens (including phenoxy) is 2. The van der Waals surface area contributed by atoms with Crippen LogP contribution in [-0.4, -0.2) is 47.6 Å². The van der Waals surface area contributed by atoms with Crippen LogP contribution in [0.15, 0.2) is 53.1 Å². The van der Waals surface area contributed by atoms with E-state index in [0.717, 1.165) is 50.5 Å². The van der Waals surface area contributed by atoms with Crippen LogP contribution in [0.3, 0.4) is 0 Å². The van der Waals surface area contributed by atoms with E-state index in [4.69, 9.17) is 19.1 Å². The van der Waals surface area contributed by atoms with Crippen LogP contribution >= 0.6 is 0 Å². The van der Waals surface area contributed by atoms with Crippen molar-refractivity contribution in [2.75, 3.05) is 24.6 Å². The summed E-state index contributed by atoms with van der Waals surface area (Å²) in [5, 5.41) is 13.2. The number of aromatic nitrogens is 1. The van der Waals surface area contributed by atoms with Crippen LogP contribution in [0.2, 0.25) is 0 Å². The fraction of sp³-hybridized carbons (Fsp3) is 0.448. The molecule has 1 unspecified atom stereocenters. The molecule has 0 amide bonds. The molecule has 1 aromatic heterocycles. The molecule has 1 spiro atoms. The van der Waals surface area contributed by atoms with Crippen molar-refractivity contribution < 1.29 is 37.1 Å². The van der Waals surface area contributed by atoms with Crippen molar-refractivity contribution in [2.24, 2.45) is 0 Å². The molecule has 3 aromatic rings. The normalized spacial score (nSPS) is 21.0. The molecular formula is C29H29F3N2O5. The van der Waals surface area contributed by atoms with Gasteiger partial charge in [-0.15, -0.1) is 0 Å². The van der Waals surface area contributed by atoms with Gasteiger partial charge in [0.15, 0.2) is 0 Å². The number of alkyl halides is 3. The van der Waals surface area contributed by atoms with Crippen molar-refractivity contribution in [1.82, 2.24) is 5.16 Å². The first-order valence-electron chi connectivity index (χ1n) is 13.2. The number of hydrogen-bond donors (Lipinski definition) is 1. The molecule has 1 aliphatic carbocycles. The molecule has 6 rings (SSSR count). The monoisotopic (exact) mass is 542 g/mol. The maximum Gasteiger partial charge on any atom is 0.417 e. The Morgan fingerprint density at radius 1 is 1.10 bits per heavy atom. The van der Waals surface area contributed by atoms with E-state index in [1.807, 2.05) is 12.1 Å². The van der Waals surface area contributed by atoms with Crippen molar-refractivity contribution in [2.45, 2.75) is 62.5 Å². The van der Waals surface area contributed by atoms with Gasteiger partial charge in [0.05, 0.1) is 36.0 Å². The standard InChI is InChI=1S/C29H29F3N2O5/c30-29(31,32)24-4-2-1-3-22(24)25-23(26(39-33-25)18-5-6-18)17-37-21-15-28(38-16-21)11-13-34(14-12-28)20-9-7-19(8-10-20)27(35)36/h1-4,7-10,18,21H,5-6,11-17H2,(H,35,36). The summed E-state index contributed by atoms with van der Waals surface area (Å²) in [6, 6.07) is 12.3. The third kappa shape index (κ3) is 5.27. The smallest absolute Gasteiger partial charge is 0.417 e. The lowest BCUT2D eigenvalue weighted by molar-refractivity contribution is -0.137. The molecule has 10 heteroatoms. The van der Waals surface area contributed by atoms with E-state index in [0.29, 0.717) is 24.4 Å². The Hall–Kier alpha value is -3.37. The molecule has 2 aliphatic heterocycles. The summed E-state index contributed by atoms with van der Waals surface area (Å²) < 4.78 is 59.3. The first-order valence-corrected chi connectivity index (χ1v) is 13.2. The van der Waals surface area contributed by atoms with E-state index in [-0.39, 0.29) is 41.1 Å². The number of aromatic carboxylic acids is 1. The Morgan fingerprint density at radius 3 is 2.49 bits per heavy atom. The Balaban J connectivity index is 1.12. The Labute approximate surface area is 223 Å². The molecule has 1 atom stereocenters.